The van der Waals surface area contributed by atoms with Crippen molar-refractivity contribution in [2.75, 3.05) is 6.54 Å². The number of benzene rings is 2. The Hall–Kier alpha value is -2.34. The third-order valence-electron chi connectivity index (χ3n) is 3.88. The Kier molecular flexibility index (Phi) is 6.20. The molecule has 0 fully saturated rings. The van der Waals surface area contributed by atoms with E-state index in [-0.39, 0.29) is 24.4 Å². The summed E-state index contributed by atoms with van der Waals surface area (Å²) in [6.07, 6.45) is -5.23. The zero-order valence-electron chi connectivity index (χ0n) is 13.8. The number of nitrogens with one attached hydrogen (secondary N) is 1. The van der Waals surface area contributed by atoms with Crippen molar-refractivity contribution in [3.05, 3.63) is 70.8 Å². The predicted molar refractivity (Wildman–Crippen MR) is 88.9 cm³/mol. The van der Waals surface area contributed by atoms with Crippen molar-refractivity contribution in [1.29, 1.82) is 0 Å². The lowest BCUT2D eigenvalue weighted by Crippen LogP contribution is -2.29. The van der Waals surface area contributed by atoms with Crippen LogP contribution in [0.1, 0.15) is 34.8 Å². The summed E-state index contributed by atoms with van der Waals surface area (Å²) in [4.78, 5) is 11.9. The zero-order valence-corrected chi connectivity index (χ0v) is 13.8. The molecule has 0 bridgehead atoms. The molecule has 2 rings (SSSR count). The van der Waals surface area contributed by atoms with Crippen LogP contribution in [0.15, 0.2) is 48.5 Å². The Morgan fingerprint density at radius 3 is 2.40 bits per heavy atom. The van der Waals surface area contributed by atoms with E-state index in [2.05, 4.69) is 5.32 Å². The molecule has 1 unspecified atom stereocenters. The maximum absolute atomic E-state index is 12.9. The predicted octanol–water partition coefficient (Wildman–Crippen LogP) is 3.80. The molecule has 0 aromatic heterocycles. The number of carbonyl (C=O) groups is 1. The van der Waals surface area contributed by atoms with Gasteiger partial charge in [-0.15, -0.1) is 0 Å². The smallest absolute Gasteiger partial charge is 0.387 e. The summed E-state index contributed by atoms with van der Waals surface area (Å²) in [5.74, 6) is -0.316. The highest BCUT2D eigenvalue weighted by Gasteiger charge is 2.34. The third-order valence-corrected chi connectivity index (χ3v) is 3.88. The number of aryl methyl sites for hydroxylation is 2. The van der Waals surface area contributed by atoms with E-state index >= 15 is 0 Å². The SMILES string of the molecule is Cc1ccc(CCC(=O)NCC(O)c2ccccc2C(F)(F)F)cc1. The van der Waals surface area contributed by atoms with Gasteiger partial charge in [-0.2, -0.15) is 13.2 Å². The molecular weight excluding hydrogens is 331 g/mol. The van der Waals surface area contributed by atoms with Crippen molar-refractivity contribution in [2.45, 2.75) is 32.0 Å². The lowest BCUT2D eigenvalue weighted by Gasteiger charge is -2.18. The number of aliphatic hydroxyl groups is 1. The number of hydrogen-bond acceptors (Lipinski definition) is 2. The van der Waals surface area contributed by atoms with E-state index < -0.39 is 17.8 Å². The first-order chi connectivity index (χ1) is 11.8. The molecule has 0 saturated carbocycles. The molecule has 1 atom stereocenters. The van der Waals surface area contributed by atoms with Crippen LogP contribution in [0.4, 0.5) is 13.2 Å². The molecular formula is C19H20F3NO2. The molecule has 1 amide bonds. The highest BCUT2D eigenvalue weighted by Crippen LogP contribution is 2.34. The number of hydrogen-bond donors (Lipinski definition) is 2. The van der Waals surface area contributed by atoms with Gasteiger partial charge in [-0.25, -0.2) is 0 Å². The second-order valence-electron chi connectivity index (χ2n) is 5.89. The molecule has 0 aliphatic rings. The van der Waals surface area contributed by atoms with Gasteiger partial charge in [0, 0.05) is 13.0 Å². The van der Waals surface area contributed by atoms with Crippen molar-refractivity contribution in [3.8, 4) is 0 Å². The minimum atomic E-state index is -4.55. The maximum Gasteiger partial charge on any atom is 0.416 e. The Morgan fingerprint density at radius 2 is 1.76 bits per heavy atom. The summed E-state index contributed by atoms with van der Waals surface area (Å²) in [6, 6.07) is 12.6. The fourth-order valence-corrected chi connectivity index (χ4v) is 2.47. The molecule has 2 N–H and O–H groups in total. The van der Waals surface area contributed by atoms with E-state index in [1.54, 1.807) is 0 Å². The number of carbonyl (C=O) groups excluding carboxylic acids is 1. The van der Waals surface area contributed by atoms with Crippen LogP contribution in [-0.4, -0.2) is 17.6 Å². The Balaban J connectivity index is 1.88. The van der Waals surface area contributed by atoms with Crippen molar-refractivity contribution in [1.82, 2.24) is 5.32 Å². The van der Waals surface area contributed by atoms with Crippen LogP contribution in [-0.2, 0) is 17.4 Å². The molecule has 3 nitrogen and oxygen atoms in total. The lowest BCUT2D eigenvalue weighted by atomic mass is 10.0. The molecule has 2 aromatic carbocycles. The fourth-order valence-electron chi connectivity index (χ4n) is 2.47. The second kappa shape index (κ2) is 8.16. The van der Waals surface area contributed by atoms with Gasteiger partial charge >= 0.3 is 6.18 Å². The van der Waals surface area contributed by atoms with Crippen LogP contribution in [0.3, 0.4) is 0 Å². The highest BCUT2D eigenvalue weighted by molar-refractivity contribution is 5.76. The lowest BCUT2D eigenvalue weighted by molar-refractivity contribution is -0.139. The summed E-state index contributed by atoms with van der Waals surface area (Å²) in [5, 5.41) is 12.5. The molecule has 0 saturated heterocycles. The number of halogens is 3. The van der Waals surface area contributed by atoms with Gasteiger partial charge in [0.15, 0.2) is 0 Å². The van der Waals surface area contributed by atoms with Gasteiger partial charge in [0.1, 0.15) is 0 Å². The van der Waals surface area contributed by atoms with Gasteiger partial charge in [0.2, 0.25) is 5.91 Å². The zero-order chi connectivity index (χ0) is 18.4. The van der Waals surface area contributed by atoms with Crippen LogP contribution in [0.25, 0.3) is 0 Å². The summed E-state index contributed by atoms with van der Waals surface area (Å²) in [5.41, 5.74) is 0.994. The van der Waals surface area contributed by atoms with Gasteiger partial charge < -0.3 is 10.4 Å². The minimum Gasteiger partial charge on any atom is -0.387 e. The van der Waals surface area contributed by atoms with E-state index in [0.717, 1.165) is 17.2 Å². The van der Waals surface area contributed by atoms with Gasteiger partial charge in [-0.3, -0.25) is 4.79 Å². The molecule has 0 aliphatic carbocycles. The normalized spacial score (nSPS) is 12.7. The fraction of sp³-hybridized carbons (Fsp3) is 0.316. The van der Waals surface area contributed by atoms with Crippen LogP contribution in [0.5, 0.6) is 0 Å². The number of rotatable bonds is 6. The monoisotopic (exact) mass is 351 g/mol. The molecule has 0 aliphatic heterocycles. The van der Waals surface area contributed by atoms with Crippen LogP contribution in [0.2, 0.25) is 0 Å². The van der Waals surface area contributed by atoms with Gasteiger partial charge in [-0.1, -0.05) is 48.0 Å². The summed E-state index contributed by atoms with van der Waals surface area (Å²) < 4.78 is 38.8. The largest absolute Gasteiger partial charge is 0.416 e. The minimum absolute atomic E-state index is 0.205. The molecule has 6 heteroatoms. The van der Waals surface area contributed by atoms with Gasteiger partial charge in [0.05, 0.1) is 11.7 Å². The van der Waals surface area contributed by atoms with Crippen molar-refractivity contribution in [3.63, 3.8) is 0 Å². The Bertz CT molecular complexity index is 711. The van der Waals surface area contributed by atoms with E-state index in [9.17, 15) is 23.1 Å². The average molecular weight is 351 g/mol. The first-order valence-electron chi connectivity index (χ1n) is 7.94. The molecule has 0 heterocycles. The summed E-state index contributed by atoms with van der Waals surface area (Å²) in [7, 11) is 0. The summed E-state index contributed by atoms with van der Waals surface area (Å²) >= 11 is 0. The second-order valence-corrected chi connectivity index (χ2v) is 5.89. The van der Waals surface area contributed by atoms with Gasteiger partial charge in [-0.05, 0) is 30.5 Å². The topological polar surface area (TPSA) is 49.3 Å². The van der Waals surface area contributed by atoms with E-state index in [4.69, 9.17) is 0 Å². The van der Waals surface area contributed by atoms with E-state index in [1.165, 1.54) is 18.2 Å². The number of aliphatic hydroxyl groups excluding tert-OH is 1. The summed E-state index contributed by atoms with van der Waals surface area (Å²) in [6.45, 7) is 1.70. The number of amides is 1. The van der Waals surface area contributed by atoms with E-state index in [0.29, 0.717) is 6.42 Å². The Morgan fingerprint density at radius 1 is 1.12 bits per heavy atom. The number of alkyl halides is 3. The molecule has 2 aromatic rings. The first-order valence-corrected chi connectivity index (χ1v) is 7.94. The van der Waals surface area contributed by atoms with Crippen molar-refractivity contribution in [2.24, 2.45) is 0 Å². The quantitative estimate of drug-likeness (QED) is 0.832. The standard InChI is InChI=1S/C19H20F3NO2/c1-13-6-8-14(9-7-13)10-11-18(25)23-12-17(24)15-4-2-3-5-16(15)19(20,21)22/h2-9,17,24H,10-12H2,1H3,(H,23,25). The average Bonchev–Trinajstić information content (AvgIpc) is 2.58. The molecule has 0 radical (unpaired) electrons. The van der Waals surface area contributed by atoms with Crippen LogP contribution in [0, 0.1) is 6.92 Å². The van der Waals surface area contributed by atoms with Crippen LogP contribution >= 0.6 is 0 Å². The molecule has 0 spiro atoms. The van der Waals surface area contributed by atoms with E-state index in [1.807, 2.05) is 31.2 Å². The van der Waals surface area contributed by atoms with Crippen molar-refractivity contribution < 1.29 is 23.1 Å². The molecule has 134 valence electrons. The molecule has 25 heavy (non-hydrogen) atoms. The third kappa shape index (κ3) is 5.60. The Labute approximate surface area is 144 Å². The first kappa shape index (κ1) is 19.0. The van der Waals surface area contributed by atoms with Crippen molar-refractivity contribution >= 4 is 5.91 Å². The van der Waals surface area contributed by atoms with Crippen LogP contribution < -0.4 is 5.32 Å². The maximum atomic E-state index is 12.9. The highest BCUT2D eigenvalue weighted by atomic mass is 19.4. The van der Waals surface area contributed by atoms with Gasteiger partial charge in [0.25, 0.3) is 0 Å².